The number of halogens is 4. The molecule has 1 atom stereocenters. The number of aromatic nitrogens is 2. The van der Waals surface area contributed by atoms with Crippen LogP contribution in [0.25, 0.3) is 11.3 Å². The molecule has 0 spiro atoms. The Hall–Kier alpha value is -2.93. The molecule has 1 N–H and O–H groups in total. The minimum Gasteiger partial charge on any atom is -0.416 e. The fourth-order valence-electron chi connectivity index (χ4n) is 4.54. The number of rotatable bonds is 6. The Kier molecular flexibility index (Phi) is 7.62. The molecule has 1 aliphatic rings. The Labute approximate surface area is 233 Å². The van der Waals surface area contributed by atoms with Gasteiger partial charge in [0.05, 0.1) is 28.6 Å². The van der Waals surface area contributed by atoms with Crippen LogP contribution in [0.5, 0.6) is 0 Å². The monoisotopic (exact) mass is 572 g/mol. The first-order chi connectivity index (χ1) is 18.0. The second kappa shape index (κ2) is 10.2. The second-order valence-electron chi connectivity index (χ2n) is 11.8. The predicted octanol–water partition coefficient (Wildman–Crippen LogP) is 8.66. The molecule has 0 radical (unpaired) electrons. The Morgan fingerprint density at radius 3 is 2.51 bits per heavy atom. The average Bonchev–Trinajstić information content (AvgIpc) is 3.18. The molecule has 10 heteroatoms. The number of alkyl halides is 3. The summed E-state index contributed by atoms with van der Waals surface area (Å²) in [5, 5.41) is 12.8. The molecule has 2 aromatic carbocycles. The molecular weight excluding hydrogens is 541 g/mol. The van der Waals surface area contributed by atoms with E-state index in [0.29, 0.717) is 23.4 Å². The van der Waals surface area contributed by atoms with Crippen LogP contribution in [-0.2, 0) is 22.4 Å². The highest BCUT2D eigenvalue weighted by Crippen LogP contribution is 2.45. The van der Waals surface area contributed by atoms with Gasteiger partial charge in [0.15, 0.2) is 8.32 Å². The molecule has 0 aliphatic heterocycles. The summed E-state index contributed by atoms with van der Waals surface area (Å²) < 4.78 is 47.3. The first-order valence-corrected chi connectivity index (χ1v) is 16.0. The van der Waals surface area contributed by atoms with Crippen molar-refractivity contribution in [3.05, 3.63) is 69.9 Å². The largest absolute Gasteiger partial charge is 0.418 e. The molecule has 0 fully saturated rings. The summed E-state index contributed by atoms with van der Waals surface area (Å²) in [6, 6.07) is 11.1. The van der Waals surface area contributed by atoms with Crippen LogP contribution in [0.15, 0.2) is 42.6 Å². The maximum atomic E-state index is 13.5. The van der Waals surface area contributed by atoms with Gasteiger partial charge in [0.2, 0.25) is 5.95 Å². The van der Waals surface area contributed by atoms with Crippen molar-refractivity contribution >= 4 is 31.6 Å². The van der Waals surface area contributed by atoms with Crippen molar-refractivity contribution in [3.8, 4) is 17.3 Å². The third kappa shape index (κ3) is 5.98. The lowest BCUT2D eigenvalue weighted by atomic mass is 9.83. The average molecular weight is 573 g/mol. The van der Waals surface area contributed by atoms with Crippen LogP contribution in [0.2, 0.25) is 23.2 Å². The van der Waals surface area contributed by atoms with Crippen LogP contribution in [0.3, 0.4) is 0 Å². The number of hydrogen-bond donors (Lipinski definition) is 1. The molecule has 1 aromatic heterocycles. The van der Waals surface area contributed by atoms with Gasteiger partial charge in [0.25, 0.3) is 0 Å². The zero-order chi connectivity index (χ0) is 28.8. The van der Waals surface area contributed by atoms with E-state index in [-0.39, 0.29) is 27.1 Å². The van der Waals surface area contributed by atoms with Gasteiger partial charge in [-0.2, -0.15) is 18.4 Å². The van der Waals surface area contributed by atoms with Gasteiger partial charge in [-0.3, -0.25) is 0 Å². The van der Waals surface area contributed by atoms with Crippen molar-refractivity contribution in [3.63, 3.8) is 0 Å². The Bertz CT molecular complexity index is 1450. The molecule has 0 bridgehead atoms. The van der Waals surface area contributed by atoms with Crippen LogP contribution in [0, 0.1) is 11.3 Å². The third-order valence-electron chi connectivity index (χ3n) is 7.99. The highest BCUT2D eigenvalue weighted by molar-refractivity contribution is 6.74. The van der Waals surface area contributed by atoms with Gasteiger partial charge in [-0.15, -0.1) is 0 Å². The summed E-state index contributed by atoms with van der Waals surface area (Å²) >= 11 is 5.97. The van der Waals surface area contributed by atoms with Gasteiger partial charge in [0, 0.05) is 28.8 Å². The summed E-state index contributed by atoms with van der Waals surface area (Å²) in [4.78, 5) is 8.61. The first kappa shape index (κ1) is 29.1. The van der Waals surface area contributed by atoms with E-state index in [1.807, 2.05) is 6.07 Å². The molecule has 3 aromatic rings. The van der Waals surface area contributed by atoms with E-state index >= 15 is 0 Å². The summed E-state index contributed by atoms with van der Waals surface area (Å²) in [7, 11) is -1.99. The van der Waals surface area contributed by atoms with Crippen molar-refractivity contribution in [2.75, 3.05) is 11.9 Å². The zero-order valence-corrected chi connectivity index (χ0v) is 24.7. The van der Waals surface area contributed by atoms with E-state index in [2.05, 4.69) is 62.1 Å². The van der Waals surface area contributed by atoms with E-state index in [4.69, 9.17) is 16.0 Å². The highest BCUT2D eigenvalue weighted by Gasteiger charge is 2.42. The molecule has 206 valence electrons. The Balaban J connectivity index is 1.70. The maximum absolute atomic E-state index is 13.5. The van der Waals surface area contributed by atoms with Crippen molar-refractivity contribution in [2.45, 2.75) is 70.3 Å². The van der Waals surface area contributed by atoms with Gasteiger partial charge in [-0.05, 0) is 78.5 Å². The second-order valence-corrected chi connectivity index (χ2v) is 17.1. The minimum atomic E-state index is -4.58. The molecule has 1 heterocycles. The molecular formula is C29H32ClF3N4OSi. The lowest BCUT2D eigenvalue weighted by molar-refractivity contribution is -0.136. The predicted molar refractivity (Wildman–Crippen MR) is 151 cm³/mol. The lowest BCUT2D eigenvalue weighted by Gasteiger charge is -2.39. The fourth-order valence-corrected chi connectivity index (χ4v) is 5.82. The smallest absolute Gasteiger partial charge is 0.416 e. The number of nitrogens with zero attached hydrogens (tertiary/aromatic N) is 3. The van der Waals surface area contributed by atoms with Crippen LogP contribution in [-0.4, -0.2) is 24.9 Å². The lowest BCUT2D eigenvalue weighted by Crippen LogP contribution is -2.44. The van der Waals surface area contributed by atoms with Crippen LogP contribution >= 0.6 is 11.6 Å². The number of nitriles is 1. The van der Waals surface area contributed by atoms with Crippen LogP contribution in [0.4, 0.5) is 24.8 Å². The van der Waals surface area contributed by atoms with Gasteiger partial charge < -0.3 is 9.74 Å². The van der Waals surface area contributed by atoms with E-state index < -0.39 is 20.1 Å². The number of fused-ring (bicyclic) bond motifs is 1. The quantitative estimate of drug-likeness (QED) is 0.299. The SMILES string of the molecule is CC1(CO[Si](C)(C)C(C)(C)C)CCc2c(C#N)cc(-c3ccnc(Nc4cc(Cl)ccc4C(F)(F)F)n3)cc21. The number of benzene rings is 2. The van der Waals surface area contributed by atoms with Crippen LogP contribution in [0.1, 0.15) is 56.4 Å². The van der Waals surface area contributed by atoms with E-state index in [1.54, 1.807) is 12.1 Å². The van der Waals surface area contributed by atoms with Crippen molar-refractivity contribution in [2.24, 2.45) is 0 Å². The Morgan fingerprint density at radius 2 is 1.87 bits per heavy atom. The molecule has 5 nitrogen and oxygen atoms in total. The molecule has 39 heavy (non-hydrogen) atoms. The Morgan fingerprint density at radius 1 is 1.15 bits per heavy atom. The molecule has 1 aliphatic carbocycles. The van der Waals surface area contributed by atoms with Gasteiger partial charge in [0.1, 0.15) is 0 Å². The number of nitrogens with one attached hydrogen (secondary N) is 1. The third-order valence-corrected chi connectivity index (χ3v) is 12.7. The minimum absolute atomic E-state index is 0.0108. The van der Waals surface area contributed by atoms with Crippen molar-refractivity contribution < 1.29 is 17.6 Å². The molecule has 0 saturated carbocycles. The van der Waals surface area contributed by atoms with E-state index in [9.17, 15) is 18.4 Å². The molecule has 1 unspecified atom stereocenters. The van der Waals surface area contributed by atoms with Crippen molar-refractivity contribution in [1.82, 2.24) is 9.97 Å². The van der Waals surface area contributed by atoms with Gasteiger partial charge >= 0.3 is 6.18 Å². The molecule has 0 amide bonds. The van der Waals surface area contributed by atoms with Crippen molar-refractivity contribution in [1.29, 1.82) is 5.26 Å². The van der Waals surface area contributed by atoms with E-state index in [0.717, 1.165) is 30.0 Å². The number of anilines is 2. The van der Waals surface area contributed by atoms with Gasteiger partial charge in [-0.1, -0.05) is 39.3 Å². The first-order valence-electron chi connectivity index (χ1n) is 12.7. The zero-order valence-electron chi connectivity index (χ0n) is 22.9. The normalized spacial score (nSPS) is 17.6. The summed E-state index contributed by atoms with van der Waals surface area (Å²) in [6.45, 7) is 13.8. The molecule has 4 rings (SSSR count). The standard InChI is InChI=1S/C29H32ClF3N4OSi/c1-27(2,3)39(5,6)38-17-28(4)11-9-21-19(16-34)13-18(14-23(21)28)24-10-12-35-26(36-24)37-25-15-20(30)7-8-22(25)29(31,32)33/h7-8,10,12-15H,9,11,17H2,1-6H3,(H,35,36,37). The summed E-state index contributed by atoms with van der Waals surface area (Å²) in [5.74, 6) is -0.0108. The highest BCUT2D eigenvalue weighted by atomic mass is 35.5. The molecule has 0 saturated heterocycles. The number of hydrogen-bond acceptors (Lipinski definition) is 5. The van der Waals surface area contributed by atoms with Gasteiger partial charge in [-0.25, -0.2) is 9.97 Å². The summed E-state index contributed by atoms with van der Waals surface area (Å²) in [5.41, 5.74) is 2.43. The fraction of sp³-hybridized carbons (Fsp3) is 0.414. The maximum Gasteiger partial charge on any atom is 0.418 e. The van der Waals surface area contributed by atoms with Crippen LogP contribution < -0.4 is 5.32 Å². The van der Waals surface area contributed by atoms with E-state index in [1.165, 1.54) is 18.3 Å². The topological polar surface area (TPSA) is 70.8 Å². The summed E-state index contributed by atoms with van der Waals surface area (Å²) in [6.07, 6.45) is -1.47.